The summed E-state index contributed by atoms with van der Waals surface area (Å²) < 4.78 is 0. The first-order chi connectivity index (χ1) is 8.78. The predicted octanol–water partition coefficient (Wildman–Crippen LogP) is 0.901. The molecule has 0 aliphatic carbocycles. The Morgan fingerprint density at radius 3 is 2.83 bits per heavy atom. The molecular weight excluding hydrogens is 228 g/mol. The van der Waals surface area contributed by atoms with Crippen LogP contribution in [0.2, 0.25) is 0 Å². The molecule has 5 nitrogen and oxygen atoms in total. The molecule has 1 aromatic heterocycles. The molecule has 0 unspecified atom stereocenters. The van der Waals surface area contributed by atoms with Crippen molar-refractivity contribution in [2.24, 2.45) is 5.92 Å². The van der Waals surface area contributed by atoms with Crippen molar-refractivity contribution in [2.45, 2.75) is 19.8 Å². The van der Waals surface area contributed by atoms with Gasteiger partial charge in [0.15, 0.2) is 0 Å². The summed E-state index contributed by atoms with van der Waals surface area (Å²) in [4.78, 5) is 10.8. The number of β-amino-alcohol motifs (C(OH)–C–C–N with tert-alkyl or cyclic N) is 1. The number of nitrogens with one attached hydrogen (secondary N) is 1. The third kappa shape index (κ3) is 3.92. The van der Waals surface area contributed by atoms with Gasteiger partial charge in [-0.25, -0.2) is 4.98 Å². The molecule has 2 heterocycles. The zero-order chi connectivity index (χ0) is 12.8. The lowest BCUT2D eigenvalue weighted by molar-refractivity contribution is 0.151. The normalized spacial score (nSPS) is 17.9. The number of rotatable bonds is 5. The van der Waals surface area contributed by atoms with Crippen LogP contribution in [0.4, 0.5) is 5.82 Å². The fourth-order valence-corrected chi connectivity index (χ4v) is 2.35. The number of anilines is 1. The van der Waals surface area contributed by atoms with Crippen LogP contribution in [0, 0.1) is 12.8 Å². The van der Waals surface area contributed by atoms with Crippen molar-refractivity contribution in [3.8, 4) is 0 Å². The summed E-state index contributed by atoms with van der Waals surface area (Å²) in [6.45, 7) is 6.17. The fourth-order valence-electron chi connectivity index (χ4n) is 2.35. The SMILES string of the molecule is Cc1cncc(NCC2CCN(CCO)CC2)n1. The second kappa shape index (κ2) is 6.66. The maximum atomic E-state index is 8.89. The van der Waals surface area contributed by atoms with Crippen molar-refractivity contribution in [1.82, 2.24) is 14.9 Å². The molecule has 0 aromatic carbocycles. The number of aliphatic hydroxyl groups excluding tert-OH is 1. The number of hydrogen-bond acceptors (Lipinski definition) is 5. The molecule has 5 heteroatoms. The Morgan fingerprint density at radius 1 is 1.39 bits per heavy atom. The number of piperidine rings is 1. The van der Waals surface area contributed by atoms with Gasteiger partial charge in [0.1, 0.15) is 5.82 Å². The van der Waals surface area contributed by atoms with E-state index >= 15 is 0 Å². The van der Waals surface area contributed by atoms with E-state index < -0.39 is 0 Å². The van der Waals surface area contributed by atoms with Crippen molar-refractivity contribution >= 4 is 5.82 Å². The molecule has 1 aliphatic heterocycles. The Labute approximate surface area is 108 Å². The highest BCUT2D eigenvalue weighted by molar-refractivity contribution is 5.31. The Bertz CT molecular complexity index is 364. The van der Waals surface area contributed by atoms with Crippen LogP contribution >= 0.6 is 0 Å². The highest BCUT2D eigenvalue weighted by Crippen LogP contribution is 2.17. The summed E-state index contributed by atoms with van der Waals surface area (Å²) in [5.74, 6) is 1.56. The number of likely N-dealkylation sites (tertiary alicyclic amines) is 1. The minimum absolute atomic E-state index is 0.266. The average Bonchev–Trinajstić information content (AvgIpc) is 2.38. The van der Waals surface area contributed by atoms with Gasteiger partial charge in [-0.3, -0.25) is 4.98 Å². The lowest BCUT2D eigenvalue weighted by Gasteiger charge is -2.31. The first kappa shape index (κ1) is 13.2. The molecule has 1 fully saturated rings. The van der Waals surface area contributed by atoms with Gasteiger partial charge in [0.05, 0.1) is 18.5 Å². The van der Waals surface area contributed by atoms with E-state index in [1.165, 1.54) is 12.8 Å². The standard InChI is InChI=1S/C13H22N4O/c1-11-8-14-10-13(16-11)15-9-12-2-4-17(5-3-12)6-7-18/h8,10,12,18H,2-7,9H2,1H3,(H,15,16). The molecule has 1 saturated heterocycles. The predicted molar refractivity (Wildman–Crippen MR) is 71.5 cm³/mol. The van der Waals surface area contributed by atoms with Crippen molar-refractivity contribution in [1.29, 1.82) is 0 Å². The van der Waals surface area contributed by atoms with Crippen LogP contribution in [0.1, 0.15) is 18.5 Å². The number of aryl methyl sites for hydroxylation is 1. The lowest BCUT2D eigenvalue weighted by atomic mass is 9.97. The summed E-state index contributed by atoms with van der Waals surface area (Å²) in [5.41, 5.74) is 0.942. The minimum Gasteiger partial charge on any atom is -0.395 e. The fraction of sp³-hybridized carbons (Fsp3) is 0.692. The summed E-state index contributed by atoms with van der Waals surface area (Å²) >= 11 is 0. The van der Waals surface area contributed by atoms with Crippen LogP contribution in [0.15, 0.2) is 12.4 Å². The Morgan fingerprint density at radius 2 is 2.17 bits per heavy atom. The summed E-state index contributed by atoms with van der Waals surface area (Å²) in [7, 11) is 0. The van der Waals surface area contributed by atoms with Crippen LogP contribution in [-0.4, -0.2) is 52.8 Å². The van der Waals surface area contributed by atoms with Crippen molar-refractivity contribution in [3.05, 3.63) is 18.1 Å². The molecule has 2 N–H and O–H groups in total. The molecule has 0 saturated carbocycles. The van der Waals surface area contributed by atoms with E-state index in [4.69, 9.17) is 5.11 Å². The van der Waals surface area contributed by atoms with E-state index in [1.54, 1.807) is 12.4 Å². The summed E-state index contributed by atoms with van der Waals surface area (Å²) in [5, 5.41) is 12.3. The lowest BCUT2D eigenvalue weighted by Crippen LogP contribution is -2.37. The third-order valence-corrected chi connectivity index (χ3v) is 3.45. The van der Waals surface area contributed by atoms with Crippen LogP contribution in [-0.2, 0) is 0 Å². The van der Waals surface area contributed by atoms with Crippen molar-refractivity contribution in [2.75, 3.05) is 38.1 Å². The number of aromatic nitrogens is 2. The molecular formula is C13H22N4O. The van der Waals surface area contributed by atoms with Crippen LogP contribution in [0.5, 0.6) is 0 Å². The van der Waals surface area contributed by atoms with Gasteiger partial charge in [0, 0.05) is 19.3 Å². The second-order valence-corrected chi connectivity index (χ2v) is 4.94. The van der Waals surface area contributed by atoms with Gasteiger partial charge in [-0.05, 0) is 38.8 Å². The highest BCUT2D eigenvalue weighted by atomic mass is 16.3. The largest absolute Gasteiger partial charge is 0.395 e. The van der Waals surface area contributed by atoms with Crippen LogP contribution < -0.4 is 5.32 Å². The maximum absolute atomic E-state index is 8.89. The number of hydrogen-bond donors (Lipinski definition) is 2. The molecule has 100 valence electrons. The zero-order valence-corrected chi connectivity index (χ0v) is 11.0. The van der Waals surface area contributed by atoms with Gasteiger partial charge in [0.2, 0.25) is 0 Å². The molecule has 1 aliphatic rings. The average molecular weight is 250 g/mol. The molecule has 18 heavy (non-hydrogen) atoms. The maximum Gasteiger partial charge on any atom is 0.144 e. The van der Waals surface area contributed by atoms with Crippen LogP contribution in [0.25, 0.3) is 0 Å². The smallest absolute Gasteiger partial charge is 0.144 e. The Hall–Kier alpha value is -1.20. The molecule has 1 aromatic rings. The Balaban J connectivity index is 1.72. The van der Waals surface area contributed by atoms with Gasteiger partial charge in [0.25, 0.3) is 0 Å². The molecule has 0 bridgehead atoms. The second-order valence-electron chi connectivity index (χ2n) is 4.94. The molecule has 2 rings (SSSR count). The molecule has 0 spiro atoms. The van der Waals surface area contributed by atoms with E-state index in [2.05, 4.69) is 20.2 Å². The van der Waals surface area contributed by atoms with Gasteiger partial charge >= 0.3 is 0 Å². The monoisotopic (exact) mass is 250 g/mol. The highest BCUT2D eigenvalue weighted by Gasteiger charge is 2.18. The topological polar surface area (TPSA) is 61.3 Å². The van der Waals surface area contributed by atoms with Crippen molar-refractivity contribution < 1.29 is 5.11 Å². The first-order valence-corrected chi connectivity index (χ1v) is 6.63. The molecule has 0 radical (unpaired) electrons. The summed E-state index contributed by atoms with van der Waals surface area (Å²) in [6, 6.07) is 0. The van der Waals surface area contributed by atoms with Gasteiger partial charge < -0.3 is 15.3 Å². The van der Waals surface area contributed by atoms with Crippen molar-refractivity contribution in [3.63, 3.8) is 0 Å². The van der Waals surface area contributed by atoms with Gasteiger partial charge in [-0.15, -0.1) is 0 Å². The van der Waals surface area contributed by atoms with E-state index in [0.29, 0.717) is 5.92 Å². The van der Waals surface area contributed by atoms with Crippen LogP contribution in [0.3, 0.4) is 0 Å². The minimum atomic E-state index is 0.266. The van der Waals surface area contributed by atoms with Gasteiger partial charge in [-0.2, -0.15) is 0 Å². The quantitative estimate of drug-likeness (QED) is 0.813. The zero-order valence-electron chi connectivity index (χ0n) is 11.0. The number of aliphatic hydroxyl groups is 1. The number of nitrogens with zero attached hydrogens (tertiary/aromatic N) is 3. The van der Waals surface area contributed by atoms with E-state index in [9.17, 15) is 0 Å². The Kier molecular flexibility index (Phi) is 4.90. The van der Waals surface area contributed by atoms with Gasteiger partial charge in [-0.1, -0.05) is 0 Å². The summed E-state index contributed by atoms with van der Waals surface area (Å²) in [6.07, 6.45) is 5.91. The van der Waals surface area contributed by atoms with E-state index in [1.807, 2.05) is 6.92 Å². The van der Waals surface area contributed by atoms with E-state index in [0.717, 1.165) is 37.7 Å². The third-order valence-electron chi connectivity index (χ3n) is 3.45. The molecule has 0 amide bonds. The van der Waals surface area contributed by atoms with E-state index in [-0.39, 0.29) is 6.61 Å². The molecule has 0 atom stereocenters. The first-order valence-electron chi connectivity index (χ1n) is 6.63.